The van der Waals surface area contributed by atoms with E-state index in [9.17, 15) is 14.0 Å². The molecule has 126 valence electrons. The number of aryl methyl sites for hydroxylation is 1. The van der Waals surface area contributed by atoms with Crippen LogP contribution in [0.1, 0.15) is 12.0 Å². The second kappa shape index (κ2) is 6.12. The van der Waals surface area contributed by atoms with Crippen LogP contribution in [-0.2, 0) is 17.8 Å². The molecule has 1 aliphatic rings. The molecule has 0 aliphatic carbocycles. The first kappa shape index (κ1) is 15.5. The Morgan fingerprint density at radius 1 is 1.20 bits per heavy atom. The Morgan fingerprint density at radius 2 is 2.04 bits per heavy atom. The van der Waals surface area contributed by atoms with Crippen LogP contribution in [-0.4, -0.2) is 22.0 Å². The molecular weight excluding hydrogens is 321 g/mol. The summed E-state index contributed by atoms with van der Waals surface area (Å²) in [5.74, 6) is -0.617. The second-order valence-electron chi connectivity index (χ2n) is 6.12. The fourth-order valence-electron chi connectivity index (χ4n) is 3.26. The maximum absolute atomic E-state index is 13.6. The first-order valence-electron chi connectivity index (χ1n) is 8.16. The van der Waals surface area contributed by atoms with Crippen LogP contribution in [0.3, 0.4) is 0 Å². The molecule has 2 aromatic carbocycles. The zero-order valence-electron chi connectivity index (χ0n) is 13.5. The number of hydrogen-bond acceptors (Lipinski definition) is 3. The van der Waals surface area contributed by atoms with Gasteiger partial charge in [-0.1, -0.05) is 18.2 Å². The Balaban J connectivity index is 1.67. The number of hydrogen-bond donors (Lipinski definition) is 0. The van der Waals surface area contributed by atoms with Crippen LogP contribution < -0.4 is 10.5 Å². The molecule has 6 heteroatoms. The lowest BCUT2D eigenvalue weighted by Gasteiger charge is -2.29. The molecule has 0 atom stereocenters. The quantitative estimate of drug-likeness (QED) is 0.722. The smallest absolute Gasteiger partial charge is 0.261 e. The molecule has 0 radical (unpaired) electrons. The van der Waals surface area contributed by atoms with Gasteiger partial charge in [0.15, 0.2) is 0 Å². The number of benzene rings is 2. The molecule has 5 nitrogen and oxygen atoms in total. The first-order valence-corrected chi connectivity index (χ1v) is 8.16. The van der Waals surface area contributed by atoms with E-state index in [1.54, 1.807) is 29.2 Å². The molecule has 4 rings (SSSR count). The minimum Gasteiger partial charge on any atom is -0.310 e. The number of fused-ring (bicyclic) bond motifs is 2. The summed E-state index contributed by atoms with van der Waals surface area (Å²) in [7, 11) is 0. The number of carbonyl (C=O) groups excluding carboxylic acids is 1. The number of carbonyl (C=O) groups is 1. The third-order valence-electron chi connectivity index (χ3n) is 4.50. The van der Waals surface area contributed by atoms with Crippen LogP contribution in [0.25, 0.3) is 10.9 Å². The fraction of sp³-hybridized carbons (Fsp3) is 0.211. The number of nitrogens with zero attached hydrogens (tertiary/aromatic N) is 3. The Labute approximate surface area is 143 Å². The van der Waals surface area contributed by atoms with E-state index in [0.717, 1.165) is 18.4 Å². The van der Waals surface area contributed by atoms with Crippen molar-refractivity contribution < 1.29 is 9.18 Å². The third-order valence-corrected chi connectivity index (χ3v) is 4.50. The van der Waals surface area contributed by atoms with E-state index in [2.05, 4.69) is 4.98 Å². The molecule has 1 amide bonds. The van der Waals surface area contributed by atoms with Gasteiger partial charge in [-0.05, 0) is 42.7 Å². The summed E-state index contributed by atoms with van der Waals surface area (Å²) in [4.78, 5) is 31.1. The van der Waals surface area contributed by atoms with Gasteiger partial charge in [0.2, 0.25) is 5.91 Å². The largest absolute Gasteiger partial charge is 0.310 e. The van der Waals surface area contributed by atoms with Gasteiger partial charge in [-0.2, -0.15) is 0 Å². The number of aromatic nitrogens is 2. The lowest BCUT2D eigenvalue weighted by atomic mass is 10.0. The van der Waals surface area contributed by atoms with Gasteiger partial charge in [0.25, 0.3) is 5.56 Å². The third kappa shape index (κ3) is 2.80. The Morgan fingerprint density at radius 3 is 2.92 bits per heavy atom. The summed E-state index contributed by atoms with van der Waals surface area (Å²) in [6.45, 7) is 0.400. The molecule has 0 saturated carbocycles. The second-order valence-corrected chi connectivity index (χ2v) is 6.12. The van der Waals surface area contributed by atoms with Crippen molar-refractivity contribution in [3.63, 3.8) is 0 Å². The van der Waals surface area contributed by atoms with E-state index in [1.165, 1.54) is 23.0 Å². The van der Waals surface area contributed by atoms with E-state index in [0.29, 0.717) is 23.1 Å². The highest BCUT2D eigenvalue weighted by Gasteiger charge is 2.23. The highest BCUT2D eigenvalue weighted by Crippen LogP contribution is 2.28. The zero-order valence-corrected chi connectivity index (χ0v) is 13.5. The van der Waals surface area contributed by atoms with Crippen LogP contribution >= 0.6 is 0 Å². The number of halogens is 1. The molecule has 0 fully saturated rings. The van der Waals surface area contributed by atoms with Crippen molar-refractivity contribution in [1.29, 1.82) is 0 Å². The topological polar surface area (TPSA) is 55.2 Å². The van der Waals surface area contributed by atoms with E-state index >= 15 is 0 Å². The molecule has 0 bridgehead atoms. The molecule has 0 N–H and O–H groups in total. The molecule has 1 aromatic heterocycles. The van der Waals surface area contributed by atoms with Crippen molar-refractivity contribution in [3.05, 3.63) is 70.5 Å². The molecule has 25 heavy (non-hydrogen) atoms. The summed E-state index contributed by atoms with van der Waals surface area (Å²) < 4.78 is 14.9. The molecule has 0 spiro atoms. The number of anilines is 1. The summed E-state index contributed by atoms with van der Waals surface area (Å²) in [6, 6.07) is 11.5. The maximum Gasteiger partial charge on any atom is 0.261 e. The van der Waals surface area contributed by atoms with E-state index in [1.807, 2.05) is 6.07 Å². The van der Waals surface area contributed by atoms with Crippen LogP contribution in [0.5, 0.6) is 0 Å². The zero-order chi connectivity index (χ0) is 17.4. The van der Waals surface area contributed by atoms with Gasteiger partial charge in [0.1, 0.15) is 12.4 Å². The first-order chi connectivity index (χ1) is 12.1. The predicted octanol–water partition coefficient (Wildman–Crippen LogP) is 2.52. The van der Waals surface area contributed by atoms with E-state index < -0.39 is 0 Å². The van der Waals surface area contributed by atoms with Crippen LogP contribution in [0, 0.1) is 5.82 Å². The number of amides is 1. The molecule has 3 aromatic rings. The van der Waals surface area contributed by atoms with Gasteiger partial charge in [-0.25, -0.2) is 9.37 Å². The molecule has 0 unspecified atom stereocenters. The summed E-state index contributed by atoms with van der Waals surface area (Å²) in [5.41, 5.74) is 1.89. The monoisotopic (exact) mass is 337 g/mol. The number of para-hydroxylation sites is 1. The minimum absolute atomic E-state index is 0.118. The lowest BCUT2D eigenvalue weighted by molar-refractivity contribution is -0.119. The standard InChI is InChI=1S/C19H16FN3O2/c20-14-8-7-13-4-3-9-23(17(13)10-14)18(24)11-22-12-21-16-6-2-1-5-15(16)19(22)25/h1-2,5-8,10,12H,3-4,9,11H2. The van der Waals surface area contributed by atoms with Gasteiger partial charge < -0.3 is 4.90 Å². The highest BCUT2D eigenvalue weighted by atomic mass is 19.1. The molecule has 1 aliphatic heterocycles. The Bertz CT molecular complexity index is 1030. The number of rotatable bonds is 2. The van der Waals surface area contributed by atoms with Gasteiger partial charge in [-0.15, -0.1) is 0 Å². The molecule has 2 heterocycles. The van der Waals surface area contributed by atoms with Crippen molar-refractivity contribution in [2.45, 2.75) is 19.4 Å². The molecule has 0 saturated heterocycles. The normalized spacial score (nSPS) is 13.7. The average Bonchev–Trinajstić information content (AvgIpc) is 2.63. The van der Waals surface area contributed by atoms with Crippen molar-refractivity contribution in [2.24, 2.45) is 0 Å². The summed E-state index contributed by atoms with van der Waals surface area (Å²) >= 11 is 0. The van der Waals surface area contributed by atoms with Crippen molar-refractivity contribution in [3.8, 4) is 0 Å². The lowest BCUT2D eigenvalue weighted by Crippen LogP contribution is -2.39. The fourth-order valence-corrected chi connectivity index (χ4v) is 3.26. The van der Waals surface area contributed by atoms with Gasteiger partial charge >= 0.3 is 0 Å². The Hall–Kier alpha value is -3.02. The average molecular weight is 337 g/mol. The van der Waals surface area contributed by atoms with Crippen molar-refractivity contribution in [2.75, 3.05) is 11.4 Å². The van der Waals surface area contributed by atoms with Crippen molar-refractivity contribution >= 4 is 22.5 Å². The summed E-state index contributed by atoms with van der Waals surface area (Å²) in [5, 5.41) is 0.475. The highest BCUT2D eigenvalue weighted by molar-refractivity contribution is 5.94. The van der Waals surface area contributed by atoms with Crippen LogP contribution in [0.2, 0.25) is 0 Å². The predicted molar refractivity (Wildman–Crippen MR) is 93.1 cm³/mol. The minimum atomic E-state index is -0.372. The summed E-state index contributed by atoms with van der Waals surface area (Å²) in [6.07, 6.45) is 3.02. The SMILES string of the molecule is O=C(Cn1cnc2ccccc2c1=O)N1CCCc2ccc(F)cc21. The van der Waals surface area contributed by atoms with Gasteiger partial charge in [0.05, 0.1) is 17.2 Å². The van der Waals surface area contributed by atoms with Crippen molar-refractivity contribution in [1.82, 2.24) is 9.55 Å². The Kier molecular flexibility index (Phi) is 3.80. The van der Waals surface area contributed by atoms with Gasteiger partial charge in [-0.3, -0.25) is 14.2 Å². The van der Waals surface area contributed by atoms with Crippen LogP contribution in [0.15, 0.2) is 53.6 Å². The van der Waals surface area contributed by atoms with E-state index in [-0.39, 0.29) is 23.8 Å². The van der Waals surface area contributed by atoms with E-state index in [4.69, 9.17) is 0 Å². The molecular formula is C19H16FN3O2. The van der Waals surface area contributed by atoms with Crippen LogP contribution in [0.4, 0.5) is 10.1 Å². The van der Waals surface area contributed by atoms with Gasteiger partial charge in [0, 0.05) is 12.2 Å². The maximum atomic E-state index is 13.6.